The molecule has 2 aromatic carbocycles. The molecule has 8 nitrogen and oxygen atoms in total. The number of rotatable bonds is 8. The van der Waals surface area contributed by atoms with Gasteiger partial charge in [-0.1, -0.05) is 24.3 Å². The molecule has 2 aromatic heterocycles. The zero-order valence-electron chi connectivity index (χ0n) is 21.6. The largest absolute Gasteiger partial charge is 0.497 e. The summed E-state index contributed by atoms with van der Waals surface area (Å²) in [6.07, 6.45) is -1.87. The molecular formula is C28H28F3N5O3. The van der Waals surface area contributed by atoms with Crippen LogP contribution in [0.25, 0.3) is 5.65 Å². The van der Waals surface area contributed by atoms with E-state index in [0.717, 1.165) is 22.6 Å². The van der Waals surface area contributed by atoms with Crippen LogP contribution in [0.2, 0.25) is 0 Å². The van der Waals surface area contributed by atoms with Crippen LogP contribution in [0, 0.1) is 5.92 Å². The number of nitrogens with zero attached hydrogens (tertiary/aromatic N) is 5. The van der Waals surface area contributed by atoms with Crippen LogP contribution in [0.3, 0.4) is 0 Å². The summed E-state index contributed by atoms with van der Waals surface area (Å²) in [4.78, 5) is 19.3. The minimum atomic E-state index is -4.36. The maximum atomic E-state index is 13.5. The second kappa shape index (κ2) is 10.9. The van der Waals surface area contributed by atoms with Crippen LogP contribution in [-0.2, 0) is 17.9 Å². The first kappa shape index (κ1) is 26.5. The molecule has 4 aromatic rings. The van der Waals surface area contributed by atoms with Crippen molar-refractivity contribution in [1.29, 1.82) is 0 Å². The van der Waals surface area contributed by atoms with Crippen LogP contribution in [0.5, 0.6) is 11.5 Å². The standard InChI is InChI=1S/C28H28F3N5O3/c1-38-21-8-3-18(4-9-21)16-35(17-19-5-10-22(39-2)11-6-19)26-27-34-33-25(36(27)14-13-32-26)23-15-20(28(29,30)31)7-12-24(23)37/h3-6,8-11,13-14,20,23H,7,12,15-17H2,1-2H3/t20-,23-/m0/s1. The Kier molecular flexibility index (Phi) is 7.40. The summed E-state index contributed by atoms with van der Waals surface area (Å²) < 4.78 is 52.6. The lowest BCUT2D eigenvalue weighted by Gasteiger charge is -2.28. The van der Waals surface area contributed by atoms with Gasteiger partial charge in [0.05, 0.1) is 26.1 Å². The van der Waals surface area contributed by atoms with Crippen molar-refractivity contribution in [3.63, 3.8) is 0 Å². The molecule has 39 heavy (non-hydrogen) atoms. The monoisotopic (exact) mass is 539 g/mol. The number of aromatic nitrogens is 4. The number of hydrogen-bond acceptors (Lipinski definition) is 7. The number of methoxy groups -OCH3 is 2. The molecule has 0 radical (unpaired) electrons. The van der Waals surface area contributed by atoms with Crippen molar-refractivity contribution in [3.8, 4) is 11.5 Å². The van der Waals surface area contributed by atoms with E-state index in [1.807, 2.05) is 53.4 Å². The smallest absolute Gasteiger partial charge is 0.391 e. The highest BCUT2D eigenvalue weighted by Gasteiger charge is 2.46. The number of carbonyl (C=O) groups excluding carboxylic acids is 1. The number of fused-ring (bicyclic) bond motifs is 1. The average Bonchev–Trinajstić information content (AvgIpc) is 3.37. The second-order valence-corrected chi connectivity index (χ2v) is 9.59. The molecule has 0 unspecified atom stereocenters. The van der Waals surface area contributed by atoms with Crippen LogP contribution >= 0.6 is 0 Å². The van der Waals surface area contributed by atoms with Crippen molar-refractivity contribution in [1.82, 2.24) is 19.6 Å². The van der Waals surface area contributed by atoms with Crippen molar-refractivity contribution in [3.05, 3.63) is 77.9 Å². The predicted molar refractivity (Wildman–Crippen MR) is 138 cm³/mol. The van der Waals surface area contributed by atoms with Gasteiger partial charge in [0.15, 0.2) is 5.82 Å². The summed E-state index contributed by atoms with van der Waals surface area (Å²) in [5, 5.41) is 8.52. The maximum absolute atomic E-state index is 13.5. The van der Waals surface area contributed by atoms with Gasteiger partial charge in [-0.3, -0.25) is 9.20 Å². The van der Waals surface area contributed by atoms with Gasteiger partial charge < -0.3 is 14.4 Å². The molecule has 1 aliphatic carbocycles. The number of Topliss-reactive ketones (excluding diaryl/α,β-unsaturated/α-hetero) is 1. The molecule has 0 aliphatic heterocycles. The fourth-order valence-electron chi connectivity index (χ4n) is 4.97. The van der Waals surface area contributed by atoms with E-state index in [9.17, 15) is 18.0 Å². The molecule has 5 rings (SSSR count). The van der Waals surface area contributed by atoms with E-state index >= 15 is 0 Å². The number of ketones is 1. The van der Waals surface area contributed by atoms with E-state index in [1.165, 1.54) is 0 Å². The number of halogens is 3. The molecule has 11 heteroatoms. The Balaban J connectivity index is 1.52. The molecule has 204 valence electrons. The quantitative estimate of drug-likeness (QED) is 0.298. The van der Waals surface area contributed by atoms with E-state index in [4.69, 9.17) is 9.47 Å². The highest BCUT2D eigenvalue weighted by Crippen LogP contribution is 2.42. The van der Waals surface area contributed by atoms with E-state index in [0.29, 0.717) is 24.6 Å². The molecule has 2 heterocycles. The van der Waals surface area contributed by atoms with E-state index in [2.05, 4.69) is 15.2 Å². The highest BCUT2D eigenvalue weighted by atomic mass is 19.4. The fraction of sp³-hybridized carbons (Fsp3) is 0.357. The minimum absolute atomic E-state index is 0.136. The lowest BCUT2D eigenvalue weighted by molar-refractivity contribution is -0.183. The Morgan fingerprint density at radius 1 is 0.949 bits per heavy atom. The number of hydrogen-bond donors (Lipinski definition) is 0. The maximum Gasteiger partial charge on any atom is 0.391 e. The minimum Gasteiger partial charge on any atom is -0.497 e. The molecular weight excluding hydrogens is 511 g/mol. The van der Waals surface area contributed by atoms with Crippen molar-refractivity contribution >= 4 is 17.2 Å². The lowest BCUT2D eigenvalue weighted by Crippen LogP contribution is -2.33. The first-order valence-electron chi connectivity index (χ1n) is 12.6. The summed E-state index contributed by atoms with van der Waals surface area (Å²) in [6, 6.07) is 15.3. The molecule has 0 bridgehead atoms. The average molecular weight is 540 g/mol. The summed E-state index contributed by atoms with van der Waals surface area (Å²) in [5.74, 6) is -0.603. The zero-order valence-corrected chi connectivity index (χ0v) is 21.6. The second-order valence-electron chi connectivity index (χ2n) is 9.59. The van der Waals surface area contributed by atoms with Gasteiger partial charge in [0.2, 0.25) is 5.65 Å². The third-order valence-corrected chi connectivity index (χ3v) is 7.12. The number of carbonyl (C=O) groups is 1. The van der Waals surface area contributed by atoms with Gasteiger partial charge >= 0.3 is 6.18 Å². The summed E-state index contributed by atoms with van der Waals surface area (Å²) in [5.41, 5.74) is 2.35. The van der Waals surface area contributed by atoms with Gasteiger partial charge in [0, 0.05) is 31.9 Å². The highest BCUT2D eigenvalue weighted by molar-refractivity contribution is 5.86. The van der Waals surface area contributed by atoms with E-state index in [1.54, 1.807) is 31.0 Å². The summed E-state index contributed by atoms with van der Waals surface area (Å²) >= 11 is 0. The molecule has 0 amide bonds. The topological polar surface area (TPSA) is 81.9 Å². The Hall–Kier alpha value is -4.15. The Morgan fingerprint density at radius 3 is 2.08 bits per heavy atom. The van der Waals surface area contributed by atoms with Crippen LogP contribution < -0.4 is 14.4 Å². The van der Waals surface area contributed by atoms with Crippen molar-refractivity contribution in [2.75, 3.05) is 19.1 Å². The fourth-order valence-corrected chi connectivity index (χ4v) is 4.97. The van der Waals surface area contributed by atoms with Gasteiger partial charge in [0.25, 0.3) is 0 Å². The van der Waals surface area contributed by atoms with Gasteiger partial charge in [-0.15, -0.1) is 10.2 Å². The predicted octanol–water partition coefficient (Wildman–Crippen LogP) is 5.36. The summed E-state index contributed by atoms with van der Waals surface area (Å²) in [6.45, 7) is 0.923. The zero-order chi connectivity index (χ0) is 27.6. The molecule has 1 saturated carbocycles. The Bertz CT molecular complexity index is 1390. The summed E-state index contributed by atoms with van der Waals surface area (Å²) in [7, 11) is 3.21. The molecule has 0 saturated heterocycles. The van der Waals surface area contributed by atoms with Gasteiger partial charge in [0.1, 0.15) is 23.1 Å². The molecule has 0 N–H and O–H groups in total. The van der Waals surface area contributed by atoms with Crippen LogP contribution in [0.4, 0.5) is 19.0 Å². The number of ether oxygens (including phenoxy) is 2. The number of anilines is 1. The third kappa shape index (κ3) is 5.67. The van der Waals surface area contributed by atoms with Gasteiger partial charge in [-0.25, -0.2) is 4.98 Å². The van der Waals surface area contributed by atoms with E-state index < -0.39 is 18.0 Å². The third-order valence-electron chi connectivity index (χ3n) is 7.12. The van der Waals surface area contributed by atoms with Crippen molar-refractivity contribution in [2.45, 2.75) is 44.4 Å². The Morgan fingerprint density at radius 2 is 1.54 bits per heavy atom. The van der Waals surface area contributed by atoms with Gasteiger partial charge in [-0.2, -0.15) is 13.2 Å². The van der Waals surface area contributed by atoms with Gasteiger partial charge in [-0.05, 0) is 48.2 Å². The lowest BCUT2D eigenvalue weighted by atomic mass is 9.79. The van der Waals surface area contributed by atoms with Crippen LogP contribution in [0.1, 0.15) is 42.1 Å². The first-order chi connectivity index (χ1) is 18.8. The van der Waals surface area contributed by atoms with Crippen LogP contribution in [0.15, 0.2) is 60.9 Å². The van der Waals surface area contributed by atoms with Crippen molar-refractivity contribution < 1.29 is 27.4 Å². The molecule has 1 fully saturated rings. The SMILES string of the molecule is COc1ccc(CN(Cc2ccc(OC)cc2)c2nccn3c([C@H]4C[C@@H](C(F)(F)F)CCC4=O)nnc23)cc1. The molecule has 0 spiro atoms. The number of benzene rings is 2. The molecule has 2 atom stereocenters. The number of alkyl halides is 3. The molecule has 1 aliphatic rings. The first-order valence-corrected chi connectivity index (χ1v) is 12.6. The van der Waals surface area contributed by atoms with Crippen LogP contribution in [-0.4, -0.2) is 45.8 Å². The van der Waals surface area contributed by atoms with Crippen molar-refractivity contribution in [2.24, 2.45) is 5.92 Å². The Labute approximate surface area is 223 Å². The normalized spacial score (nSPS) is 17.8. The van der Waals surface area contributed by atoms with E-state index in [-0.39, 0.29) is 30.9 Å².